The SMILES string of the molecule is CC(C)n1[nH]c(=O)c(CO)c1O. The Morgan fingerprint density at radius 1 is 1.58 bits per heavy atom. The minimum absolute atomic E-state index is 0.0173. The van der Waals surface area contributed by atoms with E-state index in [2.05, 4.69) is 5.10 Å². The summed E-state index contributed by atoms with van der Waals surface area (Å²) in [5.74, 6) is -0.183. The largest absolute Gasteiger partial charge is 0.493 e. The van der Waals surface area contributed by atoms with Crippen LogP contribution in [-0.2, 0) is 6.61 Å². The second kappa shape index (κ2) is 3.02. The van der Waals surface area contributed by atoms with Crippen molar-refractivity contribution in [2.45, 2.75) is 26.5 Å². The van der Waals surface area contributed by atoms with E-state index >= 15 is 0 Å². The van der Waals surface area contributed by atoms with E-state index in [0.717, 1.165) is 0 Å². The van der Waals surface area contributed by atoms with Crippen LogP contribution in [0.4, 0.5) is 0 Å². The molecule has 0 spiro atoms. The van der Waals surface area contributed by atoms with E-state index in [9.17, 15) is 9.90 Å². The van der Waals surface area contributed by atoms with Gasteiger partial charge in [0, 0.05) is 6.04 Å². The van der Waals surface area contributed by atoms with Gasteiger partial charge in [-0.05, 0) is 13.8 Å². The molecule has 0 fully saturated rings. The van der Waals surface area contributed by atoms with Crippen molar-refractivity contribution < 1.29 is 10.2 Å². The maximum Gasteiger partial charge on any atom is 0.273 e. The number of aliphatic hydroxyl groups is 1. The van der Waals surface area contributed by atoms with Crippen molar-refractivity contribution >= 4 is 0 Å². The van der Waals surface area contributed by atoms with E-state index in [1.165, 1.54) is 4.68 Å². The number of hydrogen-bond acceptors (Lipinski definition) is 3. The first-order valence-electron chi connectivity index (χ1n) is 3.71. The normalized spacial score (nSPS) is 11.0. The highest BCUT2D eigenvalue weighted by Crippen LogP contribution is 2.16. The monoisotopic (exact) mass is 172 g/mol. The predicted molar refractivity (Wildman–Crippen MR) is 43.0 cm³/mol. The fourth-order valence-electron chi connectivity index (χ4n) is 0.993. The smallest absolute Gasteiger partial charge is 0.273 e. The molecule has 0 radical (unpaired) electrons. The number of hydrogen-bond donors (Lipinski definition) is 3. The van der Waals surface area contributed by atoms with Gasteiger partial charge in [-0.25, -0.2) is 0 Å². The number of nitrogens with one attached hydrogen (secondary N) is 1. The Bertz CT molecular complexity index is 324. The van der Waals surface area contributed by atoms with Crippen LogP contribution in [0.25, 0.3) is 0 Å². The van der Waals surface area contributed by atoms with Gasteiger partial charge in [-0.3, -0.25) is 14.6 Å². The average molecular weight is 172 g/mol. The van der Waals surface area contributed by atoms with Crippen molar-refractivity contribution in [3.05, 3.63) is 15.9 Å². The summed E-state index contributed by atoms with van der Waals surface area (Å²) in [6.07, 6.45) is 0. The third kappa shape index (κ3) is 1.23. The fraction of sp³-hybridized carbons (Fsp3) is 0.571. The molecule has 0 saturated carbocycles. The number of rotatable bonds is 2. The van der Waals surface area contributed by atoms with E-state index in [1.807, 2.05) is 13.8 Å². The Hall–Kier alpha value is -1.23. The molecule has 0 aliphatic rings. The highest BCUT2D eigenvalue weighted by molar-refractivity contribution is 5.22. The molecular formula is C7H12N2O3. The topological polar surface area (TPSA) is 78.2 Å². The predicted octanol–water partition coefficient (Wildman–Crippen LogP) is -0.0448. The lowest BCUT2D eigenvalue weighted by atomic mass is 10.3. The molecule has 1 aromatic heterocycles. The summed E-state index contributed by atoms with van der Waals surface area (Å²) in [5.41, 5.74) is -0.424. The molecule has 0 aliphatic heterocycles. The Morgan fingerprint density at radius 2 is 2.17 bits per heavy atom. The minimum Gasteiger partial charge on any atom is -0.493 e. The van der Waals surface area contributed by atoms with Crippen LogP contribution in [0.15, 0.2) is 4.79 Å². The van der Waals surface area contributed by atoms with E-state index in [4.69, 9.17) is 5.11 Å². The van der Waals surface area contributed by atoms with Crippen LogP contribution in [-0.4, -0.2) is 20.0 Å². The molecule has 0 unspecified atom stereocenters. The molecule has 12 heavy (non-hydrogen) atoms. The third-order valence-corrected chi connectivity index (χ3v) is 1.67. The second-order valence-corrected chi connectivity index (χ2v) is 2.86. The molecule has 68 valence electrons. The lowest BCUT2D eigenvalue weighted by Gasteiger charge is -2.06. The van der Waals surface area contributed by atoms with Gasteiger partial charge in [-0.2, -0.15) is 0 Å². The standard InChI is InChI=1S/C7H12N2O3/c1-4(2)9-7(12)5(3-10)6(11)8-9/h4,10,12H,3H2,1-2H3,(H,8,11). The van der Waals surface area contributed by atoms with Crippen LogP contribution < -0.4 is 5.56 Å². The van der Waals surface area contributed by atoms with Crippen molar-refractivity contribution in [2.24, 2.45) is 0 Å². The van der Waals surface area contributed by atoms with Gasteiger partial charge < -0.3 is 10.2 Å². The number of aromatic amines is 1. The Morgan fingerprint density at radius 3 is 2.42 bits per heavy atom. The van der Waals surface area contributed by atoms with Crippen molar-refractivity contribution in [1.82, 2.24) is 9.78 Å². The number of aromatic nitrogens is 2. The molecule has 1 rings (SSSR count). The summed E-state index contributed by atoms with van der Waals surface area (Å²) in [4.78, 5) is 11.0. The first-order valence-corrected chi connectivity index (χ1v) is 3.71. The summed E-state index contributed by atoms with van der Waals surface area (Å²) in [7, 11) is 0. The van der Waals surface area contributed by atoms with Crippen LogP contribution >= 0.6 is 0 Å². The molecule has 0 aliphatic carbocycles. The lowest BCUT2D eigenvalue weighted by Crippen LogP contribution is -2.09. The quantitative estimate of drug-likeness (QED) is 0.585. The van der Waals surface area contributed by atoms with Crippen molar-refractivity contribution in [3.63, 3.8) is 0 Å². The zero-order valence-corrected chi connectivity index (χ0v) is 7.03. The van der Waals surface area contributed by atoms with Gasteiger partial charge >= 0.3 is 0 Å². The van der Waals surface area contributed by atoms with E-state index in [1.54, 1.807) is 0 Å². The molecule has 0 aromatic carbocycles. The van der Waals surface area contributed by atoms with Crippen molar-refractivity contribution in [2.75, 3.05) is 0 Å². The van der Waals surface area contributed by atoms with Crippen molar-refractivity contribution in [3.8, 4) is 5.88 Å². The summed E-state index contributed by atoms with van der Waals surface area (Å²) in [5, 5.41) is 20.5. The second-order valence-electron chi connectivity index (χ2n) is 2.86. The zero-order valence-electron chi connectivity index (χ0n) is 7.03. The zero-order chi connectivity index (χ0) is 9.30. The molecule has 0 saturated heterocycles. The Balaban J connectivity index is 3.27. The minimum atomic E-state index is -0.444. The molecular weight excluding hydrogens is 160 g/mol. The van der Waals surface area contributed by atoms with Gasteiger partial charge in [0.2, 0.25) is 5.88 Å². The molecule has 5 nitrogen and oxygen atoms in total. The molecule has 0 atom stereocenters. The first-order chi connectivity index (χ1) is 5.57. The van der Waals surface area contributed by atoms with E-state index < -0.39 is 12.2 Å². The average Bonchev–Trinajstić information content (AvgIpc) is 2.27. The van der Waals surface area contributed by atoms with Gasteiger partial charge in [0.25, 0.3) is 5.56 Å². The maximum atomic E-state index is 11.0. The van der Waals surface area contributed by atoms with E-state index in [0.29, 0.717) is 0 Å². The number of aliphatic hydroxyl groups excluding tert-OH is 1. The Labute approximate surface area is 69.2 Å². The molecule has 0 bridgehead atoms. The molecule has 1 aromatic rings. The maximum absolute atomic E-state index is 11.0. The fourth-order valence-corrected chi connectivity index (χ4v) is 0.993. The van der Waals surface area contributed by atoms with Crippen LogP contribution in [0.1, 0.15) is 25.5 Å². The molecule has 1 heterocycles. The van der Waals surface area contributed by atoms with E-state index in [-0.39, 0.29) is 17.5 Å². The first kappa shape index (κ1) is 8.86. The highest BCUT2D eigenvalue weighted by Gasteiger charge is 2.13. The van der Waals surface area contributed by atoms with Crippen molar-refractivity contribution in [1.29, 1.82) is 0 Å². The summed E-state index contributed by atoms with van der Waals surface area (Å²) in [6, 6.07) is -0.0296. The van der Waals surface area contributed by atoms with Crippen LogP contribution in [0.3, 0.4) is 0 Å². The van der Waals surface area contributed by atoms with Gasteiger partial charge in [0.15, 0.2) is 0 Å². The van der Waals surface area contributed by atoms with Crippen LogP contribution in [0, 0.1) is 0 Å². The molecule has 3 N–H and O–H groups in total. The lowest BCUT2D eigenvalue weighted by molar-refractivity contribution is 0.271. The van der Waals surface area contributed by atoms with Gasteiger partial charge in [0.1, 0.15) is 5.56 Å². The molecule has 0 amide bonds. The summed E-state index contributed by atoms with van der Waals surface area (Å²) in [6.45, 7) is 3.19. The van der Waals surface area contributed by atoms with Crippen LogP contribution in [0.2, 0.25) is 0 Å². The van der Waals surface area contributed by atoms with Gasteiger partial charge in [-0.15, -0.1) is 0 Å². The number of H-pyrrole nitrogens is 1. The highest BCUT2D eigenvalue weighted by atomic mass is 16.3. The van der Waals surface area contributed by atoms with Gasteiger partial charge in [0.05, 0.1) is 6.61 Å². The molecule has 5 heteroatoms. The summed E-state index contributed by atoms with van der Waals surface area (Å²) < 4.78 is 1.31. The number of nitrogens with zero attached hydrogens (tertiary/aromatic N) is 1. The Kier molecular flexibility index (Phi) is 2.23. The van der Waals surface area contributed by atoms with Gasteiger partial charge in [-0.1, -0.05) is 0 Å². The summed E-state index contributed by atoms with van der Waals surface area (Å²) >= 11 is 0. The number of aromatic hydroxyl groups is 1. The third-order valence-electron chi connectivity index (χ3n) is 1.67. The van der Waals surface area contributed by atoms with Crippen LogP contribution in [0.5, 0.6) is 5.88 Å².